The van der Waals surface area contributed by atoms with Gasteiger partial charge in [0.1, 0.15) is 10.8 Å². The van der Waals surface area contributed by atoms with E-state index in [9.17, 15) is 14.5 Å². The summed E-state index contributed by atoms with van der Waals surface area (Å²) in [7, 11) is 0. The molecule has 5 nitrogen and oxygen atoms in total. The second kappa shape index (κ2) is 5.63. The topological polar surface area (TPSA) is 68.9 Å². The summed E-state index contributed by atoms with van der Waals surface area (Å²) >= 11 is 1.27. The van der Waals surface area contributed by atoms with Gasteiger partial charge in [0, 0.05) is 23.3 Å². The Morgan fingerprint density at radius 2 is 2.11 bits per heavy atom. The van der Waals surface area contributed by atoms with Crippen molar-refractivity contribution in [1.29, 1.82) is 0 Å². The molecule has 0 atom stereocenters. The van der Waals surface area contributed by atoms with Crippen molar-refractivity contribution in [3.63, 3.8) is 0 Å². The molecule has 0 radical (unpaired) electrons. The molecular formula is C11H10FN3O2S. The lowest BCUT2D eigenvalue weighted by molar-refractivity contribution is -0.480. The van der Waals surface area contributed by atoms with E-state index < -0.39 is 0 Å². The summed E-state index contributed by atoms with van der Waals surface area (Å²) < 4.78 is 13.5. The van der Waals surface area contributed by atoms with Crippen molar-refractivity contribution in [3.8, 4) is 10.6 Å². The van der Waals surface area contributed by atoms with E-state index in [1.54, 1.807) is 18.2 Å². The maximum absolute atomic E-state index is 13.5. The van der Waals surface area contributed by atoms with E-state index in [1.165, 1.54) is 17.4 Å². The van der Waals surface area contributed by atoms with Crippen molar-refractivity contribution in [2.45, 2.75) is 12.8 Å². The lowest BCUT2D eigenvalue weighted by Crippen LogP contribution is -2.01. The van der Waals surface area contributed by atoms with Crippen molar-refractivity contribution in [2.24, 2.45) is 0 Å². The quantitative estimate of drug-likeness (QED) is 0.616. The van der Waals surface area contributed by atoms with Crippen molar-refractivity contribution < 1.29 is 9.31 Å². The SMILES string of the molecule is O=[N+]([O-])CCCc1nnc(-c2ccccc2F)s1. The molecule has 0 unspecified atom stereocenters. The number of hydrogen-bond acceptors (Lipinski definition) is 5. The Morgan fingerprint density at radius 3 is 2.83 bits per heavy atom. The molecule has 0 amide bonds. The molecule has 0 aliphatic heterocycles. The lowest BCUT2D eigenvalue weighted by atomic mass is 10.2. The van der Waals surface area contributed by atoms with Crippen LogP contribution < -0.4 is 0 Å². The minimum Gasteiger partial charge on any atom is -0.265 e. The summed E-state index contributed by atoms with van der Waals surface area (Å²) in [6, 6.07) is 6.34. The summed E-state index contributed by atoms with van der Waals surface area (Å²) in [4.78, 5) is 9.82. The van der Waals surface area contributed by atoms with Crippen LogP contribution in [-0.4, -0.2) is 21.7 Å². The molecule has 18 heavy (non-hydrogen) atoms. The minimum absolute atomic E-state index is 0.0887. The van der Waals surface area contributed by atoms with Crippen LogP contribution in [0.5, 0.6) is 0 Å². The van der Waals surface area contributed by atoms with E-state index in [2.05, 4.69) is 10.2 Å². The molecule has 1 aromatic carbocycles. The van der Waals surface area contributed by atoms with Crippen LogP contribution in [0.1, 0.15) is 11.4 Å². The largest absolute Gasteiger partial charge is 0.265 e. The van der Waals surface area contributed by atoms with Gasteiger partial charge in [0.2, 0.25) is 6.54 Å². The van der Waals surface area contributed by atoms with E-state index in [0.717, 1.165) is 0 Å². The van der Waals surface area contributed by atoms with Crippen molar-refractivity contribution in [3.05, 3.63) is 45.2 Å². The van der Waals surface area contributed by atoms with Crippen LogP contribution in [0.4, 0.5) is 4.39 Å². The van der Waals surface area contributed by atoms with Crippen LogP contribution in [0.2, 0.25) is 0 Å². The number of aromatic nitrogens is 2. The zero-order valence-electron chi connectivity index (χ0n) is 9.38. The third-order valence-electron chi connectivity index (χ3n) is 2.30. The van der Waals surface area contributed by atoms with Gasteiger partial charge in [0.25, 0.3) is 0 Å². The van der Waals surface area contributed by atoms with Crippen LogP contribution in [-0.2, 0) is 6.42 Å². The molecule has 0 aliphatic carbocycles. The summed E-state index contributed by atoms with van der Waals surface area (Å²) in [5.41, 5.74) is 0.413. The van der Waals surface area contributed by atoms with Crippen LogP contribution in [0.3, 0.4) is 0 Å². The number of benzene rings is 1. The molecular weight excluding hydrogens is 257 g/mol. The van der Waals surface area contributed by atoms with Crippen molar-refractivity contribution in [1.82, 2.24) is 10.2 Å². The van der Waals surface area contributed by atoms with Gasteiger partial charge in [-0.25, -0.2) is 4.39 Å². The molecule has 0 bridgehead atoms. The molecule has 0 spiro atoms. The average molecular weight is 267 g/mol. The van der Waals surface area contributed by atoms with Gasteiger partial charge in [-0.05, 0) is 12.1 Å². The van der Waals surface area contributed by atoms with Crippen LogP contribution in [0, 0.1) is 15.9 Å². The van der Waals surface area contributed by atoms with Gasteiger partial charge in [-0.2, -0.15) is 0 Å². The number of nitrogens with zero attached hydrogens (tertiary/aromatic N) is 3. The highest BCUT2D eigenvalue weighted by Gasteiger charge is 2.11. The Hall–Kier alpha value is -1.89. The molecule has 1 heterocycles. The molecule has 0 aliphatic rings. The summed E-state index contributed by atoms with van der Waals surface area (Å²) in [6.45, 7) is -0.0887. The van der Waals surface area contributed by atoms with Crippen LogP contribution in [0.15, 0.2) is 24.3 Å². The second-order valence-corrected chi connectivity index (χ2v) is 4.70. The third kappa shape index (κ3) is 3.07. The summed E-state index contributed by atoms with van der Waals surface area (Å²) in [5, 5.41) is 19.2. The monoisotopic (exact) mass is 267 g/mol. The van der Waals surface area contributed by atoms with E-state index >= 15 is 0 Å². The molecule has 0 fully saturated rings. The predicted molar refractivity (Wildman–Crippen MR) is 65.5 cm³/mol. The lowest BCUT2D eigenvalue weighted by Gasteiger charge is -1.95. The highest BCUT2D eigenvalue weighted by molar-refractivity contribution is 7.14. The highest BCUT2D eigenvalue weighted by atomic mass is 32.1. The number of halogens is 1. The molecule has 0 N–H and O–H groups in total. The fourth-order valence-electron chi connectivity index (χ4n) is 1.46. The van der Waals surface area contributed by atoms with E-state index in [-0.39, 0.29) is 17.3 Å². The zero-order chi connectivity index (χ0) is 13.0. The molecule has 1 aromatic heterocycles. The predicted octanol–water partition coefficient (Wildman–Crippen LogP) is 2.55. The van der Waals surface area contributed by atoms with Gasteiger partial charge >= 0.3 is 0 Å². The summed E-state index contributed by atoms with van der Waals surface area (Å²) in [6.07, 6.45) is 0.909. The molecule has 0 saturated heterocycles. The van der Waals surface area contributed by atoms with Crippen molar-refractivity contribution >= 4 is 11.3 Å². The Kier molecular flexibility index (Phi) is 3.93. The van der Waals surface area contributed by atoms with Crippen LogP contribution >= 0.6 is 11.3 Å². The first-order chi connectivity index (χ1) is 8.66. The van der Waals surface area contributed by atoms with Gasteiger partial charge in [0.05, 0.1) is 0 Å². The van der Waals surface area contributed by atoms with Gasteiger partial charge in [-0.1, -0.05) is 23.5 Å². The summed E-state index contributed by atoms with van der Waals surface area (Å²) in [5.74, 6) is -0.342. The Balaban J connectivity index is 2.06. The van der Waals surface area contributed by atoms with Gasteiger partial charge < -0.3 is 0 Å². The molecule has 7 heteroatoms. The van der Waals surface area contributed by atoms with E-state index in [1.807, 2.05) is 0 Å². The second-order valence-electron chi connectivity index (χ2n) is 3.64. The van der Waals surface area contributed by atoms with E-state index in [0.29, 0.717) is 28.4 Å². The third-order valence-corrected chi connectivity index (χ3v) is 3.32. The first-order valence-corrected chi connectivity index (χ1v) is 6.17. The van der Waals surface area contributed by atoms with Gasteiger partial charge in [-0.3, -0.25) is 10.1 Å². The maximum Gasteiger partial charge on any atom is 0.204 e. The molecule has 94 valence electrons. The smallest absolute Gasteiger partial charge is 0.204 e. The zero-order valence-corrected chi connectivity index (χ0v) is 10.2. The number of nitro groups is 1. The Labute approximate surface area is 106 Å². The fraction of sp³-hybridized carbons (Fsp3) is 0.273. The van der Waals surface area contributed by atoms with Crippen molar-refractivity contribution in [2.75, 3.05) is 6.54 Å². The van der Waals surface area contributed by atoms with Gasteiger partial charge in [-0.15, -0.1) is 10.2 Å². The molecule has 2 aromatic rings. The Bertz CT molecular complexity index is 559. The standard InChI is InChI=1S/C11H10FN3O2S/c12-9-5-2-1-4-8(9)11-14-13-10(18-11)6-3-7-15(16)17/h1-2,4-5H,3,6-7H2. The fourth-order valence-corrected chi connectivity index (χ4v) is 2.37. The number of rotatable bonds is 5. The average Bonchev–Trinajstić information content (AvgIpc) is 2.78. The number of aryl methyl sites for hydroxylation is 1. The van der Waals surface area contributed by atoms with Gasteiger partial charge in [0.15, 0.2) is 5.01 Å². The van der Waals surface area contributed by atoms with Crippen LogP contribution in [0.25, 0.3) is 10.6 Å². The molecule has 2 rings (SSSR count). The van der Waals surface area contributed by atoms with E-state index in [4.69, 9.17) is 0 Å². The number of hydrogen-bond donors (Lipinski definition) is 0. The maximum atomic E-state index is 13.5. The highest BCUT2D eigenvalue weighted by Crippen LogP contribution is 2.26. The normalized spacial score (nSPS) is 10.5. The first kappa shape index (κ1) is 12.6. The first-order valence-electron chi connectivity index (χ1n) is 5.36. The molecule has 0 saturated carbocycles. The minimum atomic E-state index is -0.362. The Morgan fingerprint density at radius 1 is 1.33 bits per heavy atom.